The lowest BCUT2D eigenvalue weighted by molar-refractivity contribution is 0.440. The van der Waals surface area contributed by atoms with Crippen molar-refractivity contribution in [1.29, 1.82) is 0 Å². The van der Waals surface area contributed by atoms with Gasteiger partial charge >= 0.3 is 5.69 Å². The summed E-state index contributed by atoms with van der Waals surface area (Å²) in [4.78, 5) is 12.1. The number of aromatic nitrogens is 2. The molecule has 0 bridgehead atoms. The van der Waals surface area contributed by atoms with Crippen LogP contribution in [0.4, 0.5) is 0 Å². The van der Waals surface area contributed by atoms with Gasteiger partial charge in [-0.05, 0) is 42.5 Å². The van der Waals surface area contributed by atoms with Crippen LogP contribution < -0.4 is 11.0 Å². The van der Waals surface area contributed by atoms with E-state index >= 15 is 0 Å². The molecular formula is C16H22BrN3O. The van der Waals surface area contributed by atoms with Gasteiger partial charge in [0.1, 0.15) is 0 Å². The predicted molar refractivity (Wildman–Crippen MR) is 89.5 cm³/mol. The van der Waals surface area contributed by atoms with Gasteiger partial charge in [0.15, 0.2) is 0 Å². The zero-order valence-electron chi connectivity index (χ0n) is 13.2. The first-order chi connectivity index (χ1) is 9.77. The van der Waals surface area contributed by atoms with Crippen LogP contribution in [0, 0.1) is 11.3 Å². The summed E-state index contributed by atoms with van der Waals surface area (Å²) in [5, 5.41) is 3.46. The van der Waals surface area contributed by atoms with E-state index in [0.29, 0.717) is 17.4 Å². The molecule has 1 fully saturated rings. The molecule has 1 aliphatic rings. The first kappa shape index (κ1) is 14.9. The van der Waals surface area contributed by atoms with E-state index in [2.05, 4.69) is 47.2 Å². The van der Waals surface area contributed by atoms with E-state index in [1.807, 2.05) is 21.1 Å². The highest BCUT2D eigenvalue weighted by Gasteiger charge is 2.50. The molecule has 0 aliphatic heterocycles. The molecule has 2 atom stereocenters. The van der Waals surface area contributed by atoms with E-state index < -0.39 is 0 Å². The minimum Gasteiger partial charge on any atom is -0.313 e. The van der Waals surface area contributed by atoms with Gasteiger partial charge in [-0.1, -0.05) is 29.8 Å². The van der Waals surface area contributed by atoms with Crippen molar-refractivity contribution in [3.05, 3.63) is 32.7 Å². The number of halogens is 1. The van der Waals surface area contributed by atoms with Crippen molar-refractivity contribution in [2.75, 3.05) is 7.05 Å². The van der Waals surface area contributed by atoms with Crippen LogP contribution in [0.3, 0.4) is 0 Å². The SMILES string of the molecule is CNC(c1cc2c(cc1Br)n(C)c(=O)n2C)C1CC1(C)C. The van der Waals surface area contributed by atoms with E-state index in [9.17, 15) is 4.79 Å². The summed E-state index contributed by atoms with van der Waals surface area (Å²) >= 11 is 3.70. The fourth-order valence-corrected chi connectivity index (χ4v) is 4.00. The molecule has 1 aromatic carbocycles. The van der Waals surface area contributed by atoms with E-state index in [1.165, 1.54) is 12.0 Å². The van der Waals surface area contributed by atoms with Gasteiger partial charge in [-0.15, -0.1) is 0 Å². The molecule has 1 saturated carbocycles. The number of nitrogens with one attached hydrogen (secondary N) is 1. The zero-order chi connectivity index (χ0) is 15.5. The lowest BCUT2D eigenvalue weighted by Gasteiger charge is -2.20. The highest BCUT2D eigenvalue weighted by Crippen LogP contribution is 2.58. The Kier molecular flexibility index (Phi) is 3.33. The molecule has 5 heteroatoms. The lowest BCUT2D eigenvalue weighted by atomic mass is 9.97. The molecule has 1 aliphatic carbocycles. The van der Waals surface area contributed by atoms with Crippen LogP contribution in [0.1, 0.15) is 31.9 Å². The third kappa shape index (κ3) is 2.18. The van der Waals surface area contributed by atoms with E-state index in [-0.39, 0.29) is 5.69 Å². The monoisotopic (exact) mass is 351 g/mol. The topological polar surface area (TPSA) is 39.0 Å². The average Bonchev–Trinajstić information content (AvgIpc) is 3.01. The summed E-state index contributed by atoms with van der Waals surface area (Å²) in [6.45, 7) is 4.62. The van der Waals surface area contributed by atoms with Gasteiger partial charge in [0.25, 0.3) is 0 Å². The summed E-state index contributed by atoms with van der Waals surface area (Å²) in [7, 11) is 5.66. The number of benzene rings is 1. The number of hydrogen-bond donors (Lipinski definition) is 1. The number of fused-ring (bicyclic) bond motifs is 1. The van der Waals surface area contributed by atoms with Gasteiger partial charge in [-0.2, -0.15) is 0 Å². The highest BCUT2D eigenvalue weighted by atomic mass is 79.9. The minimum absolute atomic E-state index is 0.0156. The number of nitrogens with zero attached hydrogens (tertiary/aromatic N) is 2. The van der Waals surface area contributed by atoms with Crippen molar-refractivity contribution in [3.63, 3.8) is 0 Å². The molecule has 2 aromatic rings. The second-order valence-corrected chi connectivity index (χ2v) is 7.68. The Morgan fingerprint density at radius 1 is 1.29 bits per heavy atom. The Labute approximate surface area is 133 Å². The number of imidazole rings is 1. The Hall–Kier alpha value is -1.07. The molecule has 0 spiro atoms. The summed E-state index contributed by atoms with van der Waals surface area (Å²) in [6.07, 6.45) is 1.23. The molecule has 1 aromatic heterocycles. The molecule has 21 heavy (non-hydrogen) atoms. The fourth-order valence-electron chi connectivity index (χ4n) is 3.42. The van der Waals surface area contributed by atoms with Gasteiger partial charge in [0, 0.05) is 24.6 Å². The molecule has 1 N–H and O–H groups in total. The Morgan fingerprint density at radius 2 is 1.81 bits per heavy atom. The summed E-state index contributed by atoms with van der Waals surface area (Å²) < 4.78 is 4.48. The maximum absolute atomic E-state index is 12.1. The predicted octanol–water partition coefficient (Wildman–Crippen LogP) is 2.95. The van der Waals surface area contributed by atoms with Crippen LogP contribution in [0.15, 0.2) is 21.4 Å². The molecule has 3 rings (SSSR count). The molecule has 0 radical (unpaired) electrons. The Balaban J connectivity index is 2.17. The molecule has 114 valence electrons. The van der Waals surface area contributed by atoms with Crippen molar-refractivity contribution in [2.45, 2.75) is 26.3 Å². The van der Waals surface area contributed by atoms with Crippen molar-refractivity contribution in [1.82, 2.24) is 14.5 Å². The maximum Gasteiger partial charge on any atom is 0.328 e. The Morgan fingerprint density at radius 3 is 2.29 bits per heavy atom. The smallest absolute Gasteiger partial charge is 0.313 e. The maximum atomic E-state index is 12.1. The second-order valence-electron chi connectivity index (χ2n) is 6.83. The second kappa shape index (κ2) is 4.71. The van der Waals surface area contributed by atoms with Crippen molar-refractivity contribution < 1.29 is 0 Å². The van der Waals surface area contributed by atoms with Gasteiger partial charge in [0.2, 0.25) is 0 Å². The zero-order valence-corrected chi connectivity index (χ0v) is 14.8. The highest BCUT2D eigenvalue weighted by molar-refractivity contribution is 9.10. The number of rotatable bonds is 3. The summed E-state index contributed by atoms with van der Waals surface area (Å²) in [6, 6.07) is 4.52. The normalized spacial score (nSPS) is 21.7. The summed E-state index contributed by atoms with van der Waals surface area (Å²) in [5.41, 5.74) is 3.59. The summed E-state index contributed by atoms with van der Waals surface area (Å²) in [5.74, 6) is 0.636. The van der Waals surface area contributed by atoms with E-state index in [4.69, 9.17) is 0 Å². The van der Waals surface area contributed by atoms with Crippen LogP contribution in [-0.2, 0) is 14.1 Å². The molecule has 2 unspecified atom stereocenters. The Bertz CT molecular complexity index is 772. The number of hydrogen-bond acceptors (Lipinski definition) is 2. The lowest BCUT2D eigenvalue weighted by Crippen LogP contribution is -2.21. The average molecular weight is 352 g/mol. The first-order valence-corrected chi connectivity index (χ1v) is 8.09. The molecular weight excluding hydrogens is 330 g/mol. The van der Waals surface area contributed by atoms with Gasteiger partial charge in [-0.25, -0.2) is 4.79 Å². The molecule has 4 nitrogen and oxygen atoms in total. The quantitative estimate of drug-likeness (QED) is 0.923. The molecule has 0 amide bonds. The molecule has 1 heterocycles. The van der Waals surface area contributed by atoms with Crippen molar-refractivity contribution in [3.8, 4) is 0 Å². The van der Waals surface area contributed by atoms with Crippen LogP contribution in [0.25, 0.3) is 11.0 Å². The molecule has 0 saturated heterocycles. The third-order valence-electron chi connectivity index (χ3n) is 5.03. The van der Waals surface area contributed by atoms with Crippen molar-refractivity contribution in [2.24, 2.45) is 25.4 Å². The minimum atomic E-state index is 0.0156. The third-order valence-corrected chi connectivity index (χ3v) is 5.72. The van der Waals surface area contributed by atoms with Crippen LogP contribution in [0.5, 0.6) is 0 Å². The standard InChI is InChI=1S/C16H22BrN3O/c1-16(2)8-10(16)14(18-3)9-6-12-13(7-11(9)17)20(5)15(21)19(12)4/h6-7,10,14,18H,8H2,1-5H3. The van der Waals surface area contributed by atoms with Crippen molar-refractivity contribution >= 4 is 27.0 Å². The van der Waals surface area contributed by atoms with Crippen LogP contribution in [0.2, 0.25) is 0 Å². The largest absolute Gasteiger partial charge is 0.328 e. The van der Waals surface area contributed by atoms with E-state index in [1.54, 1.807) is 9.13 Å². The van der Waals surface area contributed by atoms with E-state index in [0.717, 1.165) is 15.5 Å². The van der Waals surface area contributed by atoms with Gasteiger partial charge in [0.05, 0.1) is 11.0 Å². The number of aryl methyl sites for hydroxylation is 2. The van der Waals surface area contributed by atoms with Crippen LogP contribution in [-0.4, -0.2) is 16.2 Å². The van der Waals surface area contributed by atoms with Gasteiger partial charge in [-0.3, -0.25) is 9.13 Å². The van der Waals surface area contributed by atoms with Crippen LogP contribution >= 0.6 is 15.9 Å². The fraction of sp³-hybridized carbons (Fsp3) is 0.562. The van der Waals surface area contributed by atoms with Gasteiger partial charge < -0.3 is 5.32 Å². The first-order valence-electron chi connectivity index (χ1n) is 7.30.